The van der Waals surface area contributed by atoms with Crippen LogP contribution in [0, 0.1) is 5.92 Å². The minimum atomic E-state index is 0.0345. The highest BCUT2D eigenvalue weighted by atomic mass is 35.5. The fraction of sp³-hybridized carbons (Fsp3) is 0.579. The summed E-state index contributed by atoms with van der Waals surface area (Å²) in [5.74, 6) is 0.563. The van der Waals surface area contributed by atoms with Gasteiger partial charge < -0.3 is 14.7 Å². The average molecular weight is 366 g/mol. The van der Waals surface area contributed by atoms with E-state index in [2.05, 4.69) is 18.7 Å². The molecule has 25 heavy (non-hydrogen) atoms. The highest BCUT2D eigenvalue weighted by molar-refractivity contribution is 6.30. The SMILES string of the molecule is CC(=O)N(CCC(=O)N1CCN(c2cccc(Cl)c2)CC1)CC(C)C. The van der Waals surface area contributed by atoms with Crippen molar-refractivity contribution in [1.29, 1.82) is 0 Å². The lowest BCUT2D eigenvalue weighted by molar-refractivity contribution is -0.133. The lowest BCUT2D eigenvalue weighted by atomic mass is 10.2. The van der Waals surface area contributed by atoms with Crippen LogP contribution in [0.2, 0.25) is 5.02 Å². The zero-order chi connectivity index (χ0) is 18.4. The lowest BCUT2D eigenvalue weighted by Crippen LogP contribution is -2.49. The summed E-state index contributed by atoms with van der Waals surface area (Å²) in [5, 5.41) is 0.727. The average Bonchev–Trinajstić information content (AvgIpc) is 2.58. The molecule has 1 fully saturated rings. The van der Waals surface area contributed by atoms with Crippen LogP contribution in [0.3, 0.4) is 0 Å². The lowest BCUT2D eigenvalue weighted by Gasteiger charge is -2.36. The van der Waals surface area contributed by atoms with Gasteiger partial charge in [0, 0.05) is 63.3 Å². The van der Waals surface area contributed by atoms with Crippen LogP contribution in [0.1, 0.15) is 27.2 Å². The van der Waals surface area contributed by atoms with Crippen LogP contribution in [0.5, 0.6) is 0 Å². The third-order valence-corrected chi connectivity index (χ3v) is 4.67. The number of hydrogen-bond acceptors (Lipinski definition) is 3. The Hall–Kier alpha value is -1.75. The van der Waals surface area contributed by atoms with E-state index in [1.165, 1.54) is 0 Å². The Morgan fingerprint density at radius 3 is 2.44 bits per heavy atom. The molecule has 0 aromatic heterocycles. The van der Waals surface area contributed by atoms with Gasteiger partial charge in [-0.2, -0.15) is 0 Å². The van der Waals surface area contributed by atoms with Gasteiger partial charge >= 0.3 is 0 Å². The number of piperazine rings is 1. The first-order valence-corrected chi connectivity index (χ1v) is 9.28. The first-order chi connectivity index (χ1) is 11.9. The van der Waals surface area contributed by atoms with Gasteiger partial charge in [-0.15, -0.1) is 0 Å². The van der Waals surface area contributed by atoms with Gasteiger partial charge in [0.05, 0.1) is 0 Å². The number of hydrogen-bond donors (Lipinski definition) is 0. The Bertz CT molecular complexity index is 598. The van der Waals surface area contributed by atoms with Crippen molar-refractivity contribution in [3.8, 4) is 0 Å². The topological polar surface area (TPSA) is 43.9 Å². The molecule has 2 amide bonds. The summed E-state index contributed by atoms with van der Waals surface area (Å²) >= 11 is 6.05. The molecule has 0 N–H and O–H groups in total. The molecule has 138 valence electrons. The first kappa shape index (κ1) is 19.6. The molecular formula is C19H28ClN3O2. The number of carbonyl (C=O) groups is 2. The first-order valence-electron chi connectivity index (χ1n) is 8.90. The van der Waals surface area contributed by atoms with E-state index in [4.69, 9.17) is 11.6 Å². The van der Waals surface area contributed by atoms with Crippen molar-refractivity contribution in [3.63, 3.8) is 0 Å². The van der Waals surface area contributed by atoms with Gasteiger partial charge in [-0.25, -0.2) is 0 Å². The summed E-state index contributed by atoms with van der Waals surface area (Å²) in [5.41, 5.74) is 1.10. The second-order valence-corrected chi connectivity index (χ2v) is 7.39. The summed E-state index contributed by atoms with van der Waals surface area (Å²) in [6, 6.07) is 7.80. The quantitative estimate of drug-likeness (QED) is 0.778. The molecule has 1 heterocycles. The van der Waals surface area contributed by atoms with Crippen molar-refractivity contribution in [3.05, 3.63) is 29.3 Å². The smallest absolute Gasteiger partial charge is 0.224 e. The van der Waals surface area contributed by atoms with Crippen LogP contribution in [-0.2, 0) is 9.59 Å². The number of nitrogens with zero attached hydrogens (tertiary/aromatic N) is 3. The van der Waals surface area contributed by atoms with Crippen LogP contribution in [0.15, 0.2) is 24.3 Å². The molecular weight excluding hydrogens is 338 g/mol. The summed E-state index contributed by atoms with van der Waals surface area (Å²) in [6.07, 6.45) is 0.392. The number of rotatable bonds is 6. The third kappa shape index (κ3) is 5.92. The van der Waals surface area contributed by atoms with E-state index < -0.39 is 0 Å². The fourth-order valence-electron chi connectivity index (χ4n) is 3.09. The Morgan fingerprint density at radius 2 is 1.88 bits per heavy atom. The van der Waals surface area contributed by atoms with Crippen molar-refractivity contribution < 1.29 is 9.59 Å². The van der Waals surface area contributed by atoms with Gasteiger partial charge in [-0.3, -0.25) is 9.59 Å². The third-order valence-electron chi connectivity index (χ3n) is 4.43. The van der Waals surface area contributed by atoms with Crippen molar-refractivity contribution >= 4 is 29.1 Å². The molecule has 0 unspecified atom stereocenters. The highest BCUT2D eigenvalue weighted by Gasteiger charge is 2.22. The van der Waals surface area contributed by atoms with E-state index in [-0.39, 0.29) is 11.8 Å². The Kier molecular flexibility index (Phi) is 7.12. The van der Waals surface area contributed by atoms with Gasteiger partial charge in [0.25, 0.3) is 0 Å². The molecule has 6 heteroatoms. The largest absolute Gasteiger partial charge is 0.368 e. The molecule has 1 aromatic rings. The van der Waals surface area contributed by atoms with Crippen LogP contribution in [0.25, 0.3) is 0 Å². The van der Waals surface area contributed by atoms with E-state index in [9.17, 15) is 9.59 Å². The molecule has 1 aliphatic rings. The molecule has 0 saturated carbocycles. The van der Waals surface area contributed by atoms with Crippen LogP contribution >= 0.6 is 11.6 Å². The normalized spacial score (nSPS) is 14.8. The minimum absolute atomic E-state index is 0.0345. The van der Waals surface area contributed by atoms with E-state index in [0.717, 1.165) is 23.8 Å². The number of benzene rings is 1. The number of carbonyl (C=O) groups excluding carboxylic acids is 2. The Labute approximate surface area is 155 Å². The predicted octanol–water partition coefficient (Wildman–Crippen LogP) is 2.88. The Balaban J connectivity index is 1.81. The van der Waals surface area contributed by atoms with Crippen LogP contribution in [-0.4, -0.2) is 60.9 Å². The molecule has 0 aliphatic carbocycles. The number of halogens is 1. The zero-order valence-electron chi connectivity index (χ0n) is 15.4. The van der Waals surface area contributed by atoms with Gasteiger partial charge in [-0.05, 0) is 24.1 Å². The van der Waals surface area contributed by atoms with Crippen molar-refractivity contribution in [1.82, 2.24) is 9.80 Å². The molecule has 1 saturated heterocycles. The van der Waals surface area contributed by atoms with E-state index in [1.807, 2.05) is 29.2 Å². The molecule has 0 spiro atoms. The molecule has 5 nitrogen and oxygen atoms in total. The van der Waals surface area contributed by atoms with E-state index in [1.54, 1.807) is 11.8 Å². The fourth-order valence-corrected chi connectivity index (χ4v) is 3.28. The summed E-state index contributed by atoms with van der Waals surface area (Å²) < 4.78 is 0. The van der Waals surface area contributed by atoms with Crippen LogP contribution < -0.4 is 4.90 Å². The number of anilines is 1. The zero-order valence-corrected chi connectivity index (χ0v) is 16.1. The maximum Gasteiger partial charge on any atom is 0.224 e. The molecule has 0 bridgehead atoms. The highest BCUT2D eigenvalue weighted by Crippen LogP contribution is 2.21. The predicted molar refractivity (Wildman–Crippen MR) is 102 cm³/mol. The number of amides is 2. The van der Waals surface area contributed by atoms with E-state index >= 15 is 0 Å². The summed E-state index contributed by atoms with van der Waals surface area (Å²) in [6.45, 7) is 9.93. The van der Waals surface area contributed by atoms with Gasteiger partial charge in [-0.1, -0.05) is 31.5 Å². The molecule has 0 atom stereocenters. The van der Waals surface area contributed by atoms with Crippen LogP contribution in [0.4, 0.5) is 5.69 Å². The summed E-state index contributed by atoms with van der Waals surface area (Å²) in [7, 11) is 0. The summed E-state index contributed by atoms with van der Waals surface area (Å²) in [4.78, 5) is 30.0. The van der Waals surface area contributed by atoms with Crippen molar-refractivity contribution in [2.75, 3.05) is 44.2 Å². The van der Waals surface area contributed by atoms with Crippen molar-refractivity contribution in [2.24, 2.45) is 5.92 Å². The minimum Gasteiger partial charge on any atom is -0.368 e. The maximum atomic E-state index is 12.5. The molecule has 0 radical (unpaired) electrons. The second kappa shape index (κ2) is 9.09. The molecule has 2 rings (SSSR count). The van der Waals surface area contributed by atoms with Gasteiger partial charge in [0.2, 0.25) is 11.8 Å². The molecule has 1 aromatic carbocycles. The maximum absolute atomic E-state index is 12.5. The molecule has 1 aliphatic heterocycles. The van der Waals surface area contributed by atoms with E-state index in [0.29, 0.717) is 38.5 Å². The van der Waals surface area contributed by atoms with Crippen molar-refractivity contribution in [2.45, 2.75) is 27.2 Å². The monoisotopic (exact) mass is 365 g/mol. The van der Waals surface area contributed by atoms with Gasteiger partial charge in [0.15, 0.2) is 0 Å². The van der Waals surface area contributed by atoms with Gasteiger partial charge in [0.1, 0.15) is 0 Å². The standard InChI is InChI=1S/C19H28ClN3O2/c1-15(2)14-23(16(3)24)8-7-19(25)22-11-9-21(10-12-22)18-6-4-5-17(20)13-18/h4-6,13,15H,7-12,14H2,1-3H3. The second-order valence-electron chi connectivity index (χ2n) is 6.96. The Morgan fingerprint density at radius 1 is 1.20 bits per heavy atom.